The van der Waals surface area contributed by atoms with E-state index in [1.54, 1.807) is 18.6 Å². The smallest absolute Gasteiger partial charge is 0.149 e. The molecule has 8 rings (SSSR count). The number of anilines is 4. The van der Waals surface area contributed by atoms with Crippen molar-refractivity contribution in [1.29, 1.82) is 0 Å². The van der Waals surface area contributed by atoms with Crippen LogP contribution in [0.5, 0.6) is 0 Å². The van der Waals surface area contributed by atoms with Crippen molar-refractivity contribution in [3.63, 3.8) is 0 Å². The minimum Gasteiger partial charge on any atom is -0.382 e. The quantitative estimate of drug-likeness (QED) is 0.343. The number of piperidine rings is 2. The van der Waals surface area contributed by atoms with Crippen molar-refractivity contribution < 1.29 is 0 Å². The minimum absolute atomic E-state index is 0.324. The van der Waals surface area contributed by atoms with Gasteiger partial charge in [-0.25, -0.2) is 29.9 Å². The van der Waals surface area contributed by atoms with Gasteiger partial charge in [-0.05, 0) is 52.4 Å². The number of nitrogens with zero attached hydrogens (tertiary/aromatic N) is 10. The summed E-state index contributed by atoms with van der Waals surface area (Å²) in [4.78, 5) is 37.6. The van der Waals surface area contributed by atoms with Crippen LogP contribution in [0.2, 0.25) is 5.15 Å². The number of hydrogen-bond donors (Lipinski definition) is 2. The number of nitrogens with two attached hydrogens (primary N) is 2. The summed E-state index contributed by atoms with van der Waals surface area (Å²) in [5.41, 5.74) is 12.2. The van der Waals surface area contributed by atoms with Gasteiger partial charge in [-0.15, -0.1) is 0 Å². The lowest BCUT2D eigenvalue weighted by atomic mass is 10.3. The first-order valence-corrected chi connectivity index (χ1v) is 14.2. The van der Waals surface area contributed by atoms with Gasteiger partial charge in [0.15, 0.2) is 0 Å². The van der Waals surface area contributed by atoms with Gasteiger partial charge in [-0.3, -0.25) is 9.97 Å². The van der Waals surface area contributed by atoms with E-state index in [0.717, 1.165) is 53.0 Å². The lowest BCUT2D eigenvalue weighted by Crippen LogP contribution is -2.22. The molecular formula is C26H28BrClN12. The molecule has 2 aliphatic carbocycles. The number of rotatable bonds is 3. The molecule has 14 heteroatoms. The minimum atomic E-state index is 0.324. The van der Waals surface area contributed by atoms with E-state index in [0.29, 0.717) is 28.2 Å². The Labute approximate surface area is 244 Å². The Morgan fingerprint density at radius 3 is 1.62 bits per heavy atom. The van der Waals surface area contributed by atoms with E-state index >= 15 is 0 Å². The molecule has 4 fully saturated rings. The summed E-state index contributed by atoms with van der Waals surface area (Å²) >= 11 is 8.67. The zero-order valence-corrected chi connectivity index (χ0v) is 23.9. The van der Waals surface area contributed by atoms with Crippen molar-refractivity contribution >= 4 is 50.8 Å². The molecule has 0 radical (unpaired) electrons. The van der Waals surface area contributed by atoms with Crippen LogP contribution in [-0.2, 0) is 0 Å². The van der Waals surface area contributed by atoms with E-state index in [-0.39, 0.29) is 0 Å². The van der Waals surface area contributed by atoms with Crippen LogP contribution in [0, 0.1) is 23.7 Å². The number of aromatic nitrogens is 8. The molecule has 4 aliphatic rings. The fourth-order valence-electron chi connectivity index (χ4n) is 5.12. The molecule has 4 aromatic heterocycles. The molecule has 0 spiro atoms. The highest BCUT2D eigenvalue weighted by atomic mass is 79.9. The van der Waals surface area contributed by atoms with Crippen molar-refractivity contribution in [1.82, 2.24) is 39.9 Å². The topological polar surface area (TPSA) is 162 Å². The summed E-state index contributed by atoms with van der Waals surface area (Å²) in [5, 5.41) is 0.324. The first-order chi connectivity index (χ1) is 19.4. The zero-order valence-electron chi connectivity index (χ0n) is 21.6. The maximum atomic E-state index is 5.62. The molecule has 206 valence electrons. The van der Waals surface area contributed by atoms with Gasteiger partial charge in [0.1, 0.15) is 44.4 Å². The average molecular weight is 624 g/mol. The van der Waals surface area contributed by atoms with Crippen molar-refractivity contribution in [3.8, 4) is 11.4 Å². The predicted octanol–water partition coefficient (Wildman–Crippen LogP) is 3.38. The van der Waals surface area contributed by atoms with Gasteiger partial charge < -0.3 is 21.3 Å². The lowest BCUT2D eigenvalue weighted by molar-refractivity contribution is 0.800. The largest absolute Gasteiger partial charge is 0.382 e. The standard InChI is InChI=1S/C13H14N6.C9H10BrN3.C4H4ClN3/c14-12-4-15-2-11(18-12)10-3-17-13(5-16-10)19-6-8-1-9(8)7-19;10-8-2-12-9(3-11-8)13-4-6-1-7(6)5-13;5-3-1-7-2-4(6)8-3/h2-5,8-9H,1,6-7H2,(H2,14,18);2-3,6-7H,1,4-5H2;1-2H,(H2,6,8). The van der Waals surface area contributed by atoms with Crippen LogP contribution in [0.4, 0.5) is 23.3 Å². The van der Waals surface area contributed by atoms with Crippen LogP contribution in [0.25, 0.3) is 11.4 Å². The van der Waals surface area contributed by atoms with E-state index in [9.17, 15) is 0 Å². The fraction of sp³-hybridized carbons (Fsp3) is 0.385. The summed E-state index contributed by atoms with van der Waals surface area (Å²) < 4.78 is 0.806. The molecule has 12 nitrogen and oxygen atoms in total. The van der Waals surface area contributed by atoms with Crippen LogP contribution in [0.1, 0.15) is 12.8 Å². The molecule has 4 aromatic rings. The average Bonchev–Trinajstić information content (AvgIpc) is 3.80. The Kier molecular flexibility index (Phi) is 7.57. The Morgan fingerprint density at radius 2 is 1.18 bits per heavy atom. The van der Waals surface area contributed by atoms with Gasteiger partial charge in [0, 0.05) is 26.2 Å². The van der Waals surface area contributed by atoms with E-state index < -0.39 is 0 Å². The molecule has 0 amide bonds. The molecule has 6 heterocycles. The second-order valence-corrected chi connectivity index (χ2v) is 11.6. The van der Waals surface area contributed by atoms with Gasteiger partial charge in [0.25, 0.3) is 0 Å². The van der Waals surface area contributed by atoms with Gasteiger partial charge >= 0.3 is 0 Å². The van der Waals surface area contributed by atoms with Crippen LogP contribution in [0.15, 0.2) is 54.2 Å². The number of fused-ring (bicyclic) bond motifs is 2. The van der Waals surface area contributed by atoms with Gasteiger partial charge in [-0.1, -0.05) is 11.6 Å². The summed E-state index contributed by atoms with van der Waals surface area (Å²) in [6.07, 6.45) is 16.0. The summed E-state index contributed by atoms with van der Waals surface area (Å²) in [6, 6.07) is 0. The number of hydrogen-bond acceptors (Lipinski definition) is 12. The van der Waals surface area contributed by atoms with Gasteiger partial charge in [0.05, 0.1) is 49.6 Å². The number of nitrogen functional groups attached to an aromatic ring is 2. The Bertz CT molecular complexity index is 1420. The van der Waals surface area contributed by atoms with Crippen molar-refractivity contribution in [2.75, 3.05) is 47.4 Å². The van der Waals surface area contributed by atoms with Crippen LogP contribution in [0.3, 0.4) is 0 Å². The van der Waals surface area contributed by atoms with E-state index in [4.69, 9.17) is 23.1 Å². The third kappa shape index (κ3) is 6.53. The molecule has 4 N–H and O–H groups in total. The van der Waals surface area contributed by atoms with E-state index in [1.807, 2.05) is 12.4 Å². The third-order valence-corrected chi connectivity index (χ3v) is 7.98. The maximum absolute atomic E-state index is 5.62. The fourth-order valence-corrected chi connectivity index (χ4v) is 5.48. The molecule has 0 bridgehead atoms. The second kappa shape index (κ2) is 11.4. The first kappa shape index (κ1) is 26.5. The molecule has 2 aliphatic heterocycles. The van der Waals surface area contributed by atoms with Crippen molar-refractivity contribution in [2.24, 2.45) is 23.7 Å². The normalized spacial score (nSPS) is 23.2. The molecule has 0 aromatic carbocycles. The number of halogens is 2. The monoisotopic (exact) mass is 622 g/mol. The molecular weight excluding hydrogens is 596 g/mol. The maximum Gasteiger partial charge on any atom is 0.149 e. The Morgan fingerprint density at radius 1 is 0.625 bits per heavy atom. The molecule has 40 heavy (non-hydrogen) atoms. The van der Waals surface area contributed by atoms with Crippen molar-refractivity contribution in [3.05, 3.63) is 59.3 Å². The molecule has 2 saturated heterocycles. The second-order valence-electron chi connectivity index (χ2n) is 10.4. The predicted molar refractivity (Wildman–Crippen MR) is 156 cm³/mol. The Balaban J connectivity index is 0.000000119. The first-order valence-electron chi connectivity index (χ1n) is 13.0. The van der Waals surface area contributed by atoms with Crippen LogP contribution < -0.4 is 21.3 Å². The van der Waals surface area contributed by atoms with Gasteiger partial charge in [0.2, 0.25) is 0 Å². The SMILES string of the molecule is Brc1cnc(N2CC3CC3C2)cn1.Nc1cncc(-c2cnc(N3CC4CC4C3)cn2)n1.Nc1cncc(Cl)n1. The summed E-state index contributed by atoms with van der Waals surface area (Å²) in [7, 11) is 0. The Hall–Kier alpha value is -3.71. The highest BCUT2D eigenvalue weighted by Gasteiger charge is 2.46. The zero-order chi connectivity index (χ0) is 27.6. The molecule has 4 atom stereocenters. The van der Waals surface area contributed by atoms with E-state index in [1.165, 1.54) is 44.5 Å². The summed E-state index contributed by atoms with van der Waals surface area (Å²) in [6.45, 7) is 4.61. The van der Waals surface area contributed by atoms with Gasteiger partial charge in [-0.2, -0.15) is 0 Å². The van der Waals surface area contributed by atoms with Crippen LogP contribution >= 0.6 is 27.5 Å². The molecule has 2 saturated carbocycles. The molecule has 4 unspecified atom stereocenters. The highest BCUT2D eigenvalue weighted by Crippen LogP contribution is 2.46. The third-order valence-electron chi connectivity index (χ3n) is 7.39. The summed E-state index contributed by atoms with van der Waals surface area (Å²) in [5.74, 6) is 6.39. The van der Waals surface area contributed by atoms with E-state index in [2.05, 4.69) is 65.6 Å². The van der Waals surface area contributed by atoms with Crippen molar-refractivity contribution in [2.45, 2.75) is 12.8 Å². The van der Waals surface area contributed by atoms with Crippen LogP contribution in [-0.4, -0.2) is 66.1 Å². The lowest BCUT2D eigenvalue weighted by Gasteiger charge is -2.18. The highest BCUT2D eigenvalue weighted by molar-refractivity contribution is 9.10.